The van der Waals surface area contributed by atoms with Gasteiger partial charge in [0.25, 0.3) is 0 Å². The SMILES string of the molecule is Cc1cc(NC(=O)NCCN2CCNC2=O)c(Cl)cc1F. The Morgan fingerprint density at radius 2 is 2.29 bits per heavy atom. The van der Waals surface area contributed by atoms with Crippen LogP contribution in [0.2, 0.25) is 5.02 Å². The normalized spacial score (nSPS) is 14.0. The molecule has 0 bridgehead atoms. The standard InChI is InChI=1S/C13H16ClFN4O2/c1-8-6-11(9(14)7-10(8)15)18-12(20)16-2-4-19-5-3-17-13(19)21/h6-7H,2-5H2,1H3,(H,17,21)(H2,16,18,20). The van der Waals surface area contributed by atoms with Gasteiger partial charge in [0.2, 0.25) is 0 Å². The second-order valence-corrected chi connectivity index (χ2v) is 5.09. The van der Waals surface area contributed by atoms with E-state index in [0.717, 1.165) is 6.07 Å². The summed E-state index contributed by atoms with van der Waals surface area (Å²) in [4.78, 5) is 24.6. The van der Waals surface area contributed by atoms with Crippen LogP contribution in [-0.4, -0.2) is 43.1 Å². The molecule has 0 saturated carbocycles. The number of urea groups is 2. The summed E-state index contributed by atoms with van der Waals surface area (Å²) in [6.07, 6.45) is 0. The van der Waals surface area contributed by atoms with Crippen molar-refractivity contribution in [2.75, 3.05) is 31.5 Å². The molecule has 0 unspecified atom stereocenters. The number of nitrogens with zero attached hydrogens (tertiary/aromatic N) is 1. The highest BCUT2D eigenvalue weighted by Crippen LogP contribution is 2.24. The first kappa shape index (κ1) is 15.4. The molecule has 1 aromatic rings. The van der Waals surface area contributed by atoms with Crippen molar-refractivity contribution in [2.45, 2.75) is 6.92 Å². The van der Waals surface area contributed by atoms with Crippen molar-refractivity contribution >= 4 is 29.4 Å². The third-order valence-electron chi connectivity index (χ3n) is 3.11. The minimum absolute atomic E-state index is 0.130. The quantitative estimate of drug-likeness (QED) is 0.794. The number of halogens is 2. The van der Waals surface area contributed by atoms with E-state index in [1.54, 1.807) is 11.8 Å². The summed E-state index contributed by atoms with van der Waals surface area (Å²) >= 11 is 5.86. The minimum atomic E-state index is -0.456. The molecule has 6 nitrogen and oxygen atoms in total. The fourth-order valence-corrected chi connectivity index (χ4v) is 2.15. The van der Waals surface area contributed by atoms with Gasteiger partial charge in [-0.15, -0.1) is 0 Å². The van der Waals surface area contributed by atoms with Crippen molar-refractivity contribution in [2.24, 2.45) is 0 Å². The number of hydrogen-bond acceptors (Lipinski definition) is 2. The van der Waals surface area contributed by atoms with E-state index in [9.17, 15) is 14.0 Å². The molecule has 0 aromatic heterocycles. The lowest BCUT2D eigenvalue weighted by molar-refractivity contribution is 0.216. The van der Waals surface area contributed by atoms with Crippen LogP contribution in [0.25, 0.3) is 0 Å². The van der Waals surface area contributed by atoms with E-state index in [2.05, 4.69) is 16.0 Å². The molecule has 3 N–H and O–H groups in total. The van der Waals surface area contributed by atoms with Crippen molar-refractivity contribution < 1.29 is 14.0 Å². The van der Waals surface area contributed by atoms with Crippen molar-refractivity contribution in [1.29, 1.82) is 0 Å². The molecule has 0 spiro atoms. The maximum absolute atomic E-state index is 13.3. The van der Waals surface area contributed by atoms with Crippen LogP contribution in [0.15, 0.2) is 12.1 Å². The summed E-state index contributed by atoms with van der Waals surface area (Å²) in [5, 5.41) is 7.97. The van der Waals surface area contributed by atoms with Crippen LogP contribution in [0.3, 0.4) is 0 Å². The monoisotopic (exact) mass is 314 g/mol. The molecule has 1 aromatic carbocycles. The van der Waals surface area contributed by atoms with Gasteiger partial charge in [0.1, 0.15) is 5.82 Å². The smallest absolute Gasteiger partial charge is 0.319 e. The number of hydrogen-bond donors (Lipinski definition) is 3. The number of benzene rings is 1. The van der Waals surface area contributed by atoms with Gasteiger partial charge in [0.15, 0.2) is 0 Å². The number of nitrogens with one attached hydrogen (secondary N) is 3. The predicted molar refractivity (Wildman–Crippen MR) is 78.1 cm³/mol. The molecule has 1 aliphatic rings. The average Bonchev–Trinajstić information content (AvgIpc) is 2.82. The molecular weight excluding hydrogens is 299 g/mol. The zero-order chi connectivity index (χ0) is 15.4. The topological polar surface area (TPSA) is 73.5 Å². The second-order valence-electron chi connectivity index (χ2n) is 4.68. The number of rotatable bonds is 4. The van der Waals surface area contributed by atoms with Gasteiger partial charge in [-0.25, -0.2) is 14.0 Å². The molecule has 2 rings (SSSR count). The van der Waals surface area contributed by atoms with Gasteiger partial charge in [0, 0.05) is 26.2 Å². The highest BCUT2D eigenvalue weighted by Gasteiger charge is 2.18. The highest BCUT2D eigenvalue weighted by atomic mass is 35.5. The molecule has 0 radical (unpaired) electrons. The van der Waals surface area contributed by atoms with Gasteiger partial charge in [-0.3, -0.25) is 0 Å². The second kappa shape index (κ2) is 6.62. The first-order valence-corrected chi connectivity index (χ1v) is 6.88. The summed E-state index contributed by atoms with van der Waals surface area (Å²) in [5.41, 5.74) is 0.732. The molecule has 21 heavy (non-hydrogen) atoms. The Balaban J connectivity index is 1.82. The minimum Gasteiger partial charge on any atom is -0.336 e. The molecule has 8 heteroatoms. The third kappa shape index (κ3) is 3.98. The zero-order valence-electron chi connectivity index (χ0n) is 11.5. The van der Waals surface area contributed by atoms with E-state index in [-0.39, 0.29) is 11.1 Å². The van der Waals surface area contributed by atoms with Crippen molar-refractivity contribution in [3.05, 3.63) is 28.5 Å². The van der Waals surface area contributed by atoms with E-state index in [1.807, 2.05) is 0 Å². The number of carbonyl (C=O) groups is 2. The molecule has 1 aliphatic heterocycles. The first-order valence-electron chi connectivity index (χ1n) is 6.50. The number of amides is 4. The van der Waals surface area contributed by atoms with Crippen LogP contribution >= 0.6 is 11.6 Å². The number of aryl methyl sites for hydroxylation is 1. The summed E-state index contributed by atoms with van der Waals surface area (Å²) in [6.45, 7) is 3.58. The Bertz CT molecular complexity index is 567. The average molecular weight is 315 g/mol. The van der Waals surface area contributed by atoms with E-state index >= 15 is 0 Å². The molecule has 1 heterocycles. The van der Waals surface area contributed by atoms with Crippen molar-refractivity contribution in [3.63, 3.8) is 0 Å². The summed E-state index contributed by atoms with van der Waals surface area (Å²) in [6, 6.07) is 2.03. The van der Waals surface area contributed by atoms with E-state index in [1.165, 1.54) is 6.07 Å². The van der Waals surface area contributed by atoms with Gasteiger partial charge in [-0.1, -0.05) is 11.6 Å². The lowest BCUT2D eigenvalue weighted by Gasteiger charge is -2.15. The summed E-state index contributed by atoms with van der Waals surface area (Å²) in [7, 11) is 0. The van der Waals surface area contributed by atoms with Crippen LogP contribution in [0.1, 0.15) is 5.56 Å². The molecule has 114 valence electrons. The maximum atomic E-state index is 13.3. The third-order valence-corrected chi connectivity index (χ3v) is 3.42. The molecular formula is C13H16ClFN4O2. The van der Waals surface area contributed by atoms with E-state index < -0.39 is 11.8 Å². The lowest BCUT2D eigenvalue weighted by atomic mass is 10.2. The van der Waals surface area contributed by atoms with Crippen LogP contribution in [0.5, 0.6) is 0 Å². The fraction of sp³-hybridized carbons (Fsp3) is 0.385. The van der Waals surface area contributed by atoms with Gasteiger partial charge < -0.3 is 20.9 Å². The fourth-order valence-electron chi connectivity index (χ4n) is 1.95. The largest absolute Gasteiger partial charge is 0.336 e. The van der Waals surface area contributed by atoms with Crippen molar-refractivity contribution in [1.82, 2.24) is 15.5 Å². The highest BCUT2D eigenvalue weighted by molar-refractivity contribution is 6.33. The zero-order valence-corrected chi connectivity index (χ0v) is 12.3. The summed E-state index contributed by atoms with van der Waals surface area (Å²) < 4.78 is 13.3. The Labute approximate surface area is 126 Å². The number of anilines is 1. The molecule has 1 fully saturated rings. The Hall–Kier alpha value is -2.02. The Morgan fingerprint density at radius 1 is 1.52 bits per heavy atom. The van der Waals surface area contributed by atoms with Crippen LogP contribution in [0, 0.1) is 12.7 Å². The lowest BCUT2D eigenvalue weighted by Crippen LogP contribution is -2.38. The van der Waals surface area contributed by atoms with Gasteiger partial charge in [0.05, 0.1) is 10.7 Å². The van der Waals surface area contributed by atoms with E-state index in [4.69, 9.17) is 11.6 Å². The van der Waals surface area contributed by atoms with Gasteiger partial charge in [-0.05, 0) is 24.6 Å². The first-order chi connectivity index (χ1) is 9.97. The number of carbonyl (C=O) groups excluding carboxylic acids is 2. The molecule has 1 saturated heterocycles. The van der Waals surface area contributed by atoms with Crippen LogP contribution in [0.4, 0.5) is 19.7 Å². The summed E-state index contributed by atoms with van der Waals surface area (Å²) in [5.74, 6) is -0.425. The van der Waals surface area contributed by atoms with E-state index in [0.29, 0.717) is 37.4 Å². The van der Waals surface area contributed by atoms with Crippen molar-refractivity contribution in [3.8, 4) is 0 Å². The van der Waals surface area contributed by atoms with Crippen LogP contribution < -0.4 is 16.0 Å². The Morgan fingerprint density at radius 3 is 2.95 bits per heavy atom. The molecule has 0 atom stereocenters. The predicted octanol–water partition coefficient (Wildman–Crippen LogP) is 1.93. The Kier molecular flexibility index (Phi) is 4.85. The van der Waals surface area contributed by atoms with Gasteiger partial charge >= 0.3 is 12.1 Å². The molecule has 4 amide bonds. The van der Waals surface area contributed by atoms with Gasteiger partial charge in [-0.2, -0.15) is 0 Å². The maximum Gasteiger partial charge on any atom is 0.319 e. The molecule has 0 aliphatic carbocycles. The van der Waals surface area contributed by atoms with Crippen LogP contribution in [-0.2, 0) is 0 Å².